The maximum absolute atomic E-state index is 14.4. The summed E-state index contributed by atoms with van der Waals surface area (Å²) in [7, 11) is 1.54. The first-order chi connectivity index (χ1) is 16.9. The second-order valence-corrected chi connectivity index (χ2v) is 9.47. The predicted octanol–water partition coefficient (Wildman–Crippen LogP) is 6.17. The van der Waals surface area contributed by atoms with Crippen LogP contribution >= 0.6 is 0 Å². The number of carbonyl (C=O) groups is 2. The number of cyclic esters (lactones) is 1. The van der Waals surface area contributed by atoms with E-state index in [1.54, 1.807) is 25.1 Å². The van der Waals surface area contributed by atoms with Crippen LogP contribution < -0.4 is 4.74 Å². The Labute approximate surface area is 203 Å². The zero-order valence-corrected chi connectivity index (χ0v) is 19.7. The first kappa shape index (κ1) is 23.1. The van der Waals surface area contributed by atoms with Gasteiger partial charge in [-0.3, -0.25) is 4.79 Å². The molecule has 3 aromatic rings. The van der Waals surface area contributed by atoms with Crippen molar-refractivity contribution in [3.63, 3.8) is 0 Å². The van der Waals surface area contributed by atoms with Gasteiger partial charge in [-0.15, -0.1) is 0 Å². The molecule has 0 spiro atoms. The number of hydrogen-bond donors (Lipinski definition) is 1. The molecule has 5 rings (SSSR count). The molecule has 180 valence electrons. The molecular weight excluding hydrogens is 447 g/mol. The number of hydrogen-bond acceptors (Lipinski definition) is 4. The van der Waals surface area contributed by atoms with E-state index < -0.39 is 18.0 Å². The van der Waals surface area contributed by atoms with Gasteiger partial charge >= 0.3 is 11.9 Å². The molecule has 1 fully saturated rings. The Kier molecular flexibility index (Phi) is 6.05. The van der Waals surface area contributed by atoms with Crippen LogP contribution in [-0.2, 0) is 16.0 Å². The first-order valence-electron chi connectivity index (χ1n) is 11.9. The van der Waals surface area contributed by atoms with Crippen molar-refractivity contribution in [2.45, 2.75) is 38.2 Å². The van der Waals surface area contributed by atoms with Crippen LogP contribution in [0, 0.1) is 17.7 Å². The summed E-state index contributed by atoms with van der Waals surface area (Å²) in [6, 6.07) is 17.5. The Morgan fingerprint density at radius 3 is 2.46 bits per heavy atom. The number of carboxylic acid groups (broad SMARTS) is 1. The highest BCUT2D eigenvalue weighted by molar-refractivity contribution is 5.92. The van der Waals surface area contributed by atoms with Crippen LogP contribution in [0.2, 0.25) is 0 Å². The number of ether oxygens (including phenoxy) is 2. The molecule has 2 aliphatic rings. The first-order valence-corrected chi connectivity index (χ1v) is 11.9. The van der Waals surface area contributed by atoms with E-state index in [9.17, 15) is 19.1 Å². The molecule has 0 aromatic heterocycles. The minimum absolute atomic E-state index is 0.0637. The van der Waals surface area contributed by atoms with Gasteiger partial charge in [0, 0.05) is 12.0 Å². The number of esters is 1. The number of methoxy groups -OCH3 is 1. The quantitative estimate of drug-likeness (QED) is 0.415. The van der Waals surface area contributed by atoms with E-state index in [0.717, 1.165) is 29.5 Å². The highest BCUT2D eigenvalue weighted by atomic mass is 19.1. The molecular formula is C29H27FO5. The second-order valence-electron chi connectivity index (χ2n) is 9.47. The molecule has 3 atom stereocenters. The average molecular weight is 475 g/mol. The lowest BCUT2D eigenvalue weighted by Crippen LogP contribution is -2.24. The van der Waals surface area contributed by atoms with Gasteiger partial charge in [-0.25, -0.2) is 9.18 Å². The second kappa shape index (κ2) is 9.17. The lowest BCUT2D eigenvalue weighted by atomic mass is 9.81. The summed E-state index contributed by atoms with van der Waals surface area (Å²) in [5.74, 6) is -1.15. The van der Waals surface area contributed by atoms with Crippen LogP contribution in [0.1, 0.15) is 58.8 Å². The maximum Gasteiger partial charge on any atom is 0.339 e. The van der Waals surface area contributed by atoms with E-state index in [1.807, 2.05) is 36.4 Å². The molecule has 1 aliphatic heterocycles. The largest absolute Gasteiger partial charge is 0.497 e. The van der Waals surface area contributed by atoms with Crippen molar-refractivity contribution in [2.75, 3.05) is 7.11 Å². The maximum atomic E-state index is 14.4. The number of carboxylic acids is 1. The summed E-state index contributed by atoms with van der Waals surface area (Å²) in [6.07, 6.45) is 2.10. The van der Waals surface area contributed by atoms with Crippen LogP contribution in [0.25, 0.3) is 11.1 Å². The Hall–Kier alpha value is -3.67. The summed E-state index contributed by atoms with van der Waals surface area (Å²) in [5, 5.41) is 9.61. The van der Waals surface area contributed by atoms with Crippen molar-refractivity contribution >= 4 is 11.9 Å². The lowest BCUT2D eigenvalue weighted by Gasteiger charge is -2.27. The molecule has 0 saturated heterocycles. The van der Waals surface area contributed by atoms with Gasteiger partial charge in [0.15, 0.2) is 0 Å². The van der Waals surface area contributed by atoms with Gasteiger partial charge < -0.3 is 14.6 Å². The average Bonchev–Trinajstić information content (AvgIpc) is 3.69. The summed E-state index contributed by atoms with van der Waals surface area (Å²) in [6.45, 7) is 1.76. The van der Waals surface area contributed by atoms with Gasteiger partial charge in [0.1, 0.15) is 17.7 Å². The summed E-state index contributed by atoms with van der Waals surface area (Å²) in [4.78, 5) is 24.5. The molecule has 6 heteroatoms. The van der Waals surface area contributed by atoms with Gasteiger partial charge in [-0.1, -0.05) is 43.3 Å². The lowest BCUT2D eigenvalue weighted by molar-refractivity contribution is -0.142. The third-order valence-corrected chi connectivity index (χ3v) is 7.21. The Bertz CT molecular complexity index is 1280. The summed E-state index contributed by atoms with van der Waals surface area (Å²) < 4.78 is 25.3. The Morgan fingerprint density at radius 1 is 1.06 bits per heavy atom. The SMILES string of the molecule is COc1ccc(F)c(-c2ccc([C@H]3Cc4cc([C@H](C5CC5)[C@H](C)C(=O)O)ccc4C(=O)O3)cc2)c1. The molecule has 0 radical (unpaired) electrons. The van der Waals surface area contributed by atoms with E-state index in [1.165, 1.54) is 13.2 Å². The van der Waals surface area contributed by atoms with Crippen molar-refractivity contribution in [2.24, 2.45) is 11.8 Å². The van der Waals surface area contributed by atoms with Gasteiger partial charge in [0.05, 0.1) is 18.6 Å². The number of rotatable bonds is 7. The standard InChI is InChI=1S/C29H27FO5/c1-16(28(31)32)27(19-7-8-19)20-9-11-23-21(13-20)14-26(35-29(23)33)18-5-3-17(4-6-18)24-15-22(34-2)10-12-25(24)30/h3-6,9-13,15-16,19,26-27H,7-8,14H2,1-2H3,(H,31,32)/t16-,26+,27-/m0/s1. The zero-order valence-electron chi connectivity index (χ0n) is 19.7. The number of halogens is 1. The number of benzene rings is 3. The number of fused-ring (bicyclic) bond motifs is 1. The molecule has 1 aliphatic carbocycles. The van der Waals surface area contributed by atoms with Crippen LogP contribution in [0.15, 0.2) is 60.7 Å². The highest BCUT2D eigenvalue weighted by Crippen LogP contribution is 2.47. The van der Waals surface area contributed by atoms with Gasteiger partial charge in [-0.05, 0) is 71.2 Å². The van der Waals surface area contributed by atoms with Crippen molar-refractivity contribution in [1.82, 2.24) is 0 Å². The fourth-order valence-corrected chi connectivity index (χ4v) is 5.12. The highest BCUT2D eigenvalue weighted by Gasteiger charge is 2.39. The van der Waals surface area contributed by atoms with E-state index in [-0.39, 0.29) is 17.7 Å². The minimum atomic E-state index is -0.801. The Morgan fingerprint density at radius 2 is 1.80 bits per heavy atom. The molecule has 3 aromatic carbocycles. The van der Waals surface area contributed by atoms with Gasteiger partial charge in [-0.2, -0.15) is 0 Å². The molecule has 1 saturated carbocycles. The molecule has 1 N–H and O–H groups in total. The number of aliphatic carboxylic acids is 1. The van der Waals surface area contributed by atoms with Crippen LogP contribution in [0.4, 0.5) is 4.39 Å². The number of carbonyl (C=O) groups excluding carboxylic acids is 1. The van der Waals surface area contributed by atoms with Crippen LogP contribution in [-0.4, -0.2) is 24.2 Å². The van der Waals surface area contributed by atoms with E-state index in [0.29, 0.717) is 34.8 Å². The molecule has 0 amide bonds. The molecule has 1 heterocycles. The van der Waals surface area contributed by atoms with Crippen LogP contribution in [0.5, 0.6) is 5.75 Å². The Balaban J connectivity index is 1.41. The fourth-order valence-electron chi connectivity index (χ4n) is 5.12. The summed E-state index contributed by atoms with van der Waals surface area (Å²) in [5.41, 5.74) is 4.32. The van der Waals surface area contributed by atoms with Crippen molar-refractivity contribution < 1.29 is 28.6 Å². The molecule has 0 unspecified atom stereocenters. The smallest absolute Gasteiger partial charge is 0.339 e. The third kappa shape index (κ3) is 4.53. The predicted molar refractivity (Wildman–Crippen MR) is 129 cm³/mol. The third-order valence-electron chi connectivity index (χ3n) is 7.21. The van der Waals surface area contributed by atoms with Crippen molar-refractivity contribution in [3.8, 4) is 16.9 Å². The van der Waals surface area contributed by atoms with E-state index in [2.05, 4.69) is 0 Å². The van der Waals surface area contributed by atoms with Gasteiger partial charge in [0.25, 0.3) is 0 Å². The van der Waals surface area contributed by atoms with Crippen LogP contribution in [0.3, 0.4) is 0 Å². The molecule has 35 heavy (non-hydrogen) atoms. The topological polar surface area (TPSA) is 72.8 Å². The van der Waals surface area contributed by atoms with Gasteiger partial charge in [0.2, 0.25) is 0 Å². The summed E-state index contributed by atoms with van der Waals surface area (Å²) >= 11 is 0. The van der Waals surface area contributed by atoms with E-state index >= 15 is 0 Å². The zero-order chi connectivity index (χ0) is 24.7. The monoisotopic (exact) mass is 474 g/mol. The van der Waals surface area contributed by atoms with Crippen molar-refractivity contribution in [3.05, 3.63) is 88.7 Å². The minimum Gasteiger partial charge on any atom is -0.497 e. The normalized spacial score (nSPS) is 18.8. The molecule has 0 bridgehead atoms. The fraction of sp³-hybridized carbons (Fsp3) is 0.310. The van der Waals surface area contributed by atoms with Crippen molar-refractivity contribution in [1.29, 1.82) is 0 Å². The van der Waals surface area contributed by atoms with E-state index in [4.69, 9.17) is 9.47 Å². The molecule has 5 nitrogen and oxygen atoms in total.